The number of esters is 1. The zero-order valence-electron chi connectivity index (χ0n) is 12.1. The van der Waals surface area contributed by atoms with E-state index in [4.69, 9.17) is 0 Å². The lowest BCUT2D eigenvalue weighted by molar-refractivity contribution is -0.141. The summed E-state index contributed by atoms with van der Waals surface area (Å²) in [5.41, 5.74) is -0.963. The Hall–Kier alpha value is -2.12. The van der Waals surface area contributed by atoms with Crippen molar-refractivity contribution in [2.45, 2.75) is 31.9 Å². The molecular formula is C14H17F3N2O3. The Morgan fingerprint density at radius 2 is 1.95 bits per heavy atom. The molecule has 0 unspecified atom stereocenters. The number of unbranched alkanes of at least 4 members (excludes halogenated alkanes) is 2. The molecule has 1 amide bonds. The third-order valence-electron chi connectivity index (χ3n) is 2.89. The number of hydrogen-bond acceptors (Lipinski definition) is 4. The molecule has 8 heteroatoms. The molecule has 0 aromatic carbocycles. The third kappa shape index (κ3) is 6.11. The van der Waals surface area contributed by atoms with Crippen LogP contribution in [0.3, 0.4) is 0 Å². The smallest absolute Gasteiger partial charge is 0.433 e. The van der Waals surface area contributed by atoms with Crippen LogP contribution < -0.4 is 5.32 Å². The van der Waals surface area contributed by atoms with Gasteiger partial charge in [-0.1, -0.05) is 6.42 Å². The molecule has 1 aromatic heterocycles. The number of pyridine rings is 1. The van der Waals surface area contributed by atoms with Gasteiger partial charge < -0.3 is 10.1 Å². The first kappa shape index (κ1) is 17.9. The Balaban J connectivity index is 2.29. The predicted molar refractivity (Wildman–Crippen MR) is 72.1 cm³/mol. The third-order valence-corrected chi connectivity index (χ3v) is 2.89. The molecule has 0 radical (unpaired) electrons. The fraction of sp³-hybridized carbons (Fsp3) is 0.500. The maximum Gasteiger partial charge on any atom is 0.433 e. The number of nitrogens with zero attached hydrogens (tertiary/aromatic N) is 1. The van der Waals surface area contributed by atoms with E-state index in [9.17, 15) is 22.8 Å². The number of aromatic nitrogens is 1. The number of nitrogens with one attached hydrogen (secondary N) is 1. The number of methoxy groups -OCH3 is 1. The highest BCUT2D eigenvalue weighted by Crippen LogP contribution is 2.27. The van der Waals surface area contributed by atoms with E-state index in [0.717, 1.165) is 24.8 Å². The molecule has 0 bridgehead atoms. The monoisotopic (exact) mass is 318 g/mol. The van der Waals surface area contributed by atoms with Gasteiger partial charge in [-0.3, -0.25) is 14.6 Å². The maximum atomic E-state index is 12.3. The van der Waals surface area contributed by atoms with Crippen molar-refractivity contribution in [1.29, 1.82) is 0 Å². The highest BCUT2D eigenvalue weighted by atomic mass is 19.4. The van der Waals surface area contributed by atoms with E-state index in [0.29, 0.717) is 25.8 Å². The second kappa shape index (κ2) is 8.35. The van der Waals surface area contributed by atoms with E-state index in [1.165, 1.54) is 7.11 Å². The summed E-state index contributed by atoms with van der Waals surface area (Å²) in [6.07, 6.45) is -1.24. The van der Waals surface area contributed by atoms with Crippen LogP contribution in [0.15, 0.2) is 18.3 Å². The first-order valence-corrected chi connectivity index (χ1v) is 6.73. The highest BCUT2D eigenvalue weighted by Gasteiger charge is 2.32. The number of amides is 1. The lowest BCUT2D eigenvalue weighted by Crippen LogP contribution is -2.24. The maximum absolute atomic E-state index is 12.3. The van der Waals surface area contributed by atoms with Gasteiger partial charge in [-0.15, -0.1) is 0 Å². The van der Waals surface area contributed by atoms with Crippen molar-refractivity contribution < 1.29 is 27.5 Å². The van der Waals surface area contributed by atoms with Crippen molar-refractivity contribution in [3.63, 3.8) is 0 Å². The SMILES string of the molecule is COC(=O)CCCCCNC(=O)c1ccc(C(F)(F)F)nc1. The molecule has 0 aliphatic rings. The summed E-state index contributed by atoms with van der Waals surface area (Å²) in [4.78, 5) is 25.8. The molecule has 22 heavy (non-hydrogen) atoms. The van der Waals surface area contributed by atoms with Gasteiger partial charge in [0.25, 0.3) is 5.91 Å². The van der Waals surface area contributed by atoms with E-state index in [-0.39, 0.29) is 11.5 Å². The quantitative estimate of drug-likeness (QED) is 0.620. The van der Waals surface area contributed by atoms with Gasteiger partial charge >= 0.3 is 12.1 Å². The van der Waals surface area contributed by atoms with Gasteiger partial charge in [0.15, 0.2) is 0 Å². The minimum absolute atomic E-state index is 0.0718. The molecule has 122 valence electrons. The van der Waals surface area contributed by atoms with Gasteiger partial charge in [0.1, 0.15) is 5.69 Å². The second-order valence-corrected chi connectivity index (χ2v) is 4.57. The van der Waals surface area contributed by atoms with E-state index < -0.39 is 17.8 Å². The minimum atomic E-state index is -4.52. The van der Waals surface area contributed by atoms with E-state index in [1.807, 2.05) is 0 Å². The number of hydrogen-bond donors (Lipinski definition) is 1. The molecule has 5 nitrogen and oxygen atoms in total. The van der Waals surface area contributed by atoms with Crippen LogP contribution in [-0.2, 0) is 15.7 Å². The Morgan fingerprint density at radius 3 is 2.50 bits per heavy atom. The van der Waals surface area contributed by atoms with Gasteiger partial charge in [0.05, 0.1) is 12.7 Å². The fourth-order valence-electron chi connectivity index (χ4n) is 1.67. The number of ether oxygens (including phenoxy) is 1. The van der Waals surface area contributed by atoms with Gasteiger partial charge in [0.2, 0.25) is 0 Å². The highest BCUT2D eigenvalue weighted by molar-refractivity contribution is 5.93. The summed E-state index contributed by atoms with van der Waals surface area (Å²) in [5.74, 6) is -0.756. The van der Waals surface area contributed by atoms with Crippen LogP contribution in [0.25, 0.3) is 0 Å². The number of carbonyl (C=O) groups is 2. The van der Waals surface area contributed by atoms with Gasteiger partial charge in [0, 0.05) is 19.2 Å². The molecule has 0 aliphatic carbocycles. The van der Waals surface area contributed by atoms with Crippen molar-refractivity contribution in [3.05, 3.63) is 29.6 Å². The summed E-state index contributed by atoms with van der Waals surface area (Å²) < 4.78 is 41.5. The number of rotatable bonds is 7. The Morgan fingerprint density at radius 1 is 1.23 bits per heavy atom. The molecule has 1 rings (SSSR count). The van der Waals surface area contributed by atoms with Crippen LogP contribution in [0.4, 0.5) is 13.2 Å². The Labute approximate surface area is 125 Å². The lowest BCUT2D eigenvalue weighted by atomic mass is 10.2. The largest absolute Gasteiger partial charge is 0.469 e. The molecule has 0 spiro atoms. The molecule has 0 fully saturated rings. The minimum Gasteiger partial charge on any atom is -0.469 e. The van der Waals surface area contributed by atoms with E-state index in [2.05, 4.69) is 15.0 Å². The zero-order valence-corrected chi connectivity index (χ0v) is 12.1. The average Bonchev–Trinajstić information content (AvgIpc) is 2.49. The van der Waals surface area contributed by atoms with Gasteiger partial charge in [-0.25, -0.2) is 0 Å². The first-order chi connectivity index (χ1) is 10.3. The molecule has 1 aromatic rings. The van der Waals surface area contributed by atoms with Gasteiger partial charge in [-0.05, 0) is 25.0 Å². The predicted octanol–water partition coefficient (Wildman–Crippen LogP) is 2.56. The van der Waals surface area contributed by atoms with Crippen LogP contribution in [-0.4, -0.2) is 30.5 Å². The summed E-state index contributed by atoms with van der Waals surface area (Å²) in [6.45, 7) is 0.376. The number of carbonyl (C=O) groups excluding carboxylic acids is 2. The van der Waals surface area contributed by atoms with Crippen molar-refractivity contribution in [2.75, 3.05) is 13.7 Å². The molecule has 0 atom stereocenters. The molecule has 1 heterocycles. The fourth-order valence-corrected chi connectivity index (χ4v) is 1.67. The Bertz CT molecular complexity index is 501. The Kier molecular flexibility index (Phi) is 6.81. The average molecular weight is 318 g/mol. The molecule has 1 N–H and O–H groups in total. The molecule has 0 aliphatic heterocycles. The van der Waals surface area contributed by atoms with Crippen molar-refractivity contribution in [2.24, 2.45) is 0 Å². The second-order valence-electron chi connectivity index (χ2n) is 4.57. The van der Waals surface area contributed by atoms with Crippen molar-refractivity contribution in [1.82, 2.24) is 10.3 Å². The van der Waals surface area contributed by atoms with Crippen molar-refractivity contribution >= 4 is 11.9 Å². The summed E-state index contributed by atoms with van der Waals surface area (Å²) in [5, 5.41) is 2.58. The lowest BCUT2D eigenvalue weighted by Gasteiger charge is -2.07. The van der Waals surface area contributed by atoms with Crippen LogP contribution in [0, 0.1) is 0 Å². The first-order valence-electron chi connectivity index (χ1n) is 6.73. The van der Waals surface area contributed by atoms with E-state index >= 15 is 0 Å². The normalized spacial score (nSPS) is 11.1. The summed E-state index contributed by atoms with van der Waals surface area (Å²) in [6, 6.07) is 1.85. The number of halogens is 3. The zero-order chi connectivity index (χ0) is 16.6. The topological polar surface area (TPSA) is 68.3 Å². The van der Waals surface area contributed by atoms with Crippen molar-refractivity contribution in [3.8, 4) is 0 Å². The van der Waals surface area contributed by atoms with Crippen LogP contribution in [0.5, 0.6) is 0 Å². The summed E-state index contributed by atoms with van der Waals surface area (Å²) >= 11 is 0. The van der Waals surface area contributed by atoms with Gasteiger partial charge in [-0.2, -0.15) is 13.2 Å². The van der Waals surface area contributed by atoms with Crippen LogP contribution in [0.1, 0.15) is 41.7 Å². The van der Waals surface area contributed by atoms with Crippen LogP contribution in [0.2, 0.25) is 0 Å². The van der Waals surface area contributed by atoms with E-state index in [1.54, 1.807) is 0 Å². The molecule has 0 saturated carbocycles. The summed E-state index contributed by atoms with van der Waals surface area (Å²) in [7, 11) is 1.32. The molecule has 0 saturated heterocycles. The number of alkyl halides is 3. The van der Waals surface area contributed by atoms with Crippen LogP contribution >= 0.6 is 0 Å². The standard InChI is InChI=1S/C14H17F3N2O3/c1-22-12(20)5-3-2-4-8-18-13(21)10-6-7-11(19-9-10)14(15,16)17/h6-7,9H,2-5,8H2,1H3,(H,18,21). The molecular weight excluding hydrogens is 301 g/mol.